The number of alkyl halides is 3. The van der Waals surface area contributed by atoms with Crippen molar-refractivity contribution in [2.24, 2.45) is 23.2 Å². The fourth-order valence-electron chi connectivity index (χ4n) is 6.46. The highest BCUT2D eigenvalue weighted by molar-refractivity contribution is 5.91. The summed E-state index contributed by atoms with van der Waals surface area (Å²) in [6, 6.07) is -0.770. The number of fused-ring (bicyclic) bond motifs is 1. The highest BCUT2D eigenvalue weighted by Crippen LogP contribution is 2.45. The van der Waals surface area contributed by atoms with E-state index in [1.807, 2.05) is 0 Å². The summed E-state index contributed by atoms with van der Waals surface area (Å²) in [5.41, 5.74) is -0.881. The standard InChI is InChI=1S/C26H38F3N5O3/c1-24(2,3)20(31-14-26(27,28)29)23(37)34-13-16-5-4-6-18(16)19(34)22(36)32-17(12-30)11-15-7-8-25(9-10-25)33-21(15)35/h15-20,31H,4-11,13-14H2,1-3H3,(H,32,36)(H,33,35)/t15-,16-,17-,18-,19-,20+/m0/s1. The molecule has 8 nitrogen and oxygen atoms in total. The predicted octanol–water partition coefficient (Wildman–Crippen LogP) is 2.64. The third-order valence-corrected chi connectivity index (χ3v) is 8.64. The number of nitrogens with zero attached hydrogens (tertiary/aromatic N) is 2. The van der Waals surface area contributed by atoms with E-state index in [1.54, 1.807) is 20.8 Å². The minimum absolute atomic E-state index is 0.0646. The normalized spacial score (nSPS) is 30.3. The largest absolute Gasteiger partial charge is 0.401 e. The second-order valence-corrected chi connectivity index (χ2v) is 12.5. The molecular weight excluding hydrogens is 487 g/mol. The number of piperidine rings is 1. The monoisotopic (exact) mass is 525 g/mol. The molecule has 0 aromatic carbocycles. The van der Waals surface area contributed by atoms with Crippen molar-refractivity contribution in [2.45, 2.75) is 102 Å². The molecule has 11 heteroatoms. The van der Waals surface area contributed by atoms with Gasteiger partial charge in [-0.15, -0.1) is 0 Å². The number of likely N-dealkylation sites (tertiary alicyclic amines) is 1. The van der Waals surface area contributed by atoms with Gasteiger partial charge in [0.15, 0.2) is 0 Å². The summed E-state index contributed by atoms with van der Waals surface area (Å²) in [5.74, 6) is -1.44. The zero-order valence-electron chi connectivity index (χ0n) is 21.8. The van der Waals surface area contributed by atoms with Crippen LogP contribution in [0.5, 0.6) is 0 Å². The van der Waals surface area contributed by atoms with E-state index >= 15 is 0 Å². The van der Waals surface area contributed by atoms with Crippen LogP contribution in [0.2, 0.25) is 0 Å². The van der Waals surface area contributed by atoms with Gasteiger partial charge in [0.05, 0.1) is 18.7 Å². The maximum absolute atomic E-state index is 13.6. The van der Waals surface area contributed by atoms with Crippen molar-refractivity contribution >= 4 is 17.7 Å². The lowest BCUT2D eigenvalue weighted by Gasteiger charge is -2.37. The maximum Gasteiger partial charge on any atom is 0.401 e. The first kappa shape index (κ1) is 27.7. The number of amides is 3. The van der Waals surface area contributed by atoms with Crippen LogP contribution in [0.1, 0.15) is 72.1 Å². The molecule has 0 aromatic heterocycles. The highest BCUT2D eigenvalue weighted by Gasteiger charge is 2.52. The van der Waals surface area contributed by atoms with Crippen LogP contribution in [0.15, 0.2) is 0 Å². The molecule has 2 saturated heterocycles. The third kappa shape index (κ3) is 6.21. The van der Waals surface area contributed by atoms with Gasteiger partial charge in [0.1, 0.15) is 12.1 Å². The van der Waals surface area contributed by atoms with E-state index in [4.69, 9.17) is 0 Å². The topological polar surface area (TPSA) is 114 Å². The van der Waals surface area contributed by atoms with Crippen molar-refractivity contribution in [3.63, 3.8) is 0 Å². The quantitative estimate of drug-likeness (QED) is 0.473. The van der Waals surface area contributed by atoms with E-state index in [2.05, 4.69) is 22.0 Å². The minimum Gasteiger partial charge on any atom is -0.350 e. The highest BCUT2D eigenvalue weighted by atomic mass is 19.4. The number of hydrogen-bond donors (Lipinski definition) is 3. The van der Waals surface area contributed by atoms with Crippen molar-refractivity contribution < 1.29 is 27.6 Å². The average molecular weight is 526 g/mol. The first-order valence-corrected chi connectivity index (χ1v) is 13.4. The van der Waals surface area contributed by atoms with Gasteiger partial charge in [-0.05, 0) is 62.2 Å². The Morgan fingerprint density at radius 1 is 1.19 bits per heavy atom. The molecule has 2 heterocycles. The van der Waals surface area contributed by atoms with Crippen LogP contribution in [0.25, 0.3) is 0 Å². The van der Waals surface area contributed by atoms with Crippen molar-refractivity contribution in [2.75, 3.05) is 13.1 Å². The summed E-state index contributed by atoms with van der Waals surface area (Å²) in [6.45, 7) is 4.08. The first-order chi connectivity index (χ1) is 17.2. The number of hydrogen-bond acceptors (Lipinski definition) is 5. The molecule has 4 rings (SSSR count). The van der Waals surface area contributed by atoms with Crippen LogP contribution in [0.4, 0.5) is 13.2 Å². The average Bonchev–Trinajstić information content (AvgIpc) is 3.20. The Bertz CT molecular complexity index is 953. The zero-order chi connectivity index (χ0) is 27.2. The Balaban J connectivity index is 1.46. The minimum atomic E-state index is -4.48. The van der Waals surface area contributed by atoms with E-state index in [1.165, 1.54) is 4.90 Å². The zero-order valence-corrected chi connectivity index (χ0v) is 21.8. The molecule has 2 saturated carbocycles. The second kappa shape index (κ2) is 10.1. The molecule has 0 bridgehead atoms. The molecule has 3 N–H and O–H groups in total. The summed E-state index contributed by atoms with van der Waals surface area (Å²) in [4.78, 5) is 41.2. The molecule has 4 aliphatic rings. The van der Waals surface area contributed by atoms with Crippen molar-refractivity contribution in [1.29, 1.82) is 5.26 Å². The van der Waals surface area contributed by atoms with Crippen LogP contribution in [-0.2, 0) is 14.4 Å². The Kier molecular flexibility index (Phi) is 7.54. The van der Waals surface area contributed by atoms with E-state index < -0.39 is 48.1 Å². The molecule has 2 aliphatic carbocycles. The summed E-state index contributed by atoms with van der Waals surface area (Å²) >= 11 is 0. The predicted molar refractivity (Wildman–Crippen MR) is 129 cm³/mol. The number of carbonyl (C=O) groups excluding carboxylic acids is 3. The van der Waals surface area contributed by atoms with Crippen molar-refractivity contribution in [1.82, 2.24) is 20.9 Å². The molecule has 6 atom stereocenters. The Labute approximate surface area is 216 Å². The van der Waals surface area contributed by atoms with Crippen LogP contribution < -0.4 is 16.0 Å². The van der Waals surface area contributed by atoms with Crippen LogP contribution in [-0.4, -0.2) is 65.6 Å². The summed E-state index contributed by atoms with van der Waals surface area (Å²) < 4.78 is 38.9. The van der Waals surface area contributed by atoms with Gasteiger partial charge in [0.2, 0.25) is 17.7 Å². The fourth-order valence-corrected chi connectivity index (χ4v) is 6.46. The fraction of sp³-hybridized carbons (Fsp3) is 0.846. The van der Waals surface area contributed by atoms with Gasteiger partial charge in [-0.25, -0.2) is 0 Å². The Hall–Kier alpha value is -2.35. The third-order valence-electron chi connectivity index (χ3n) is 8.64. The number of rotatable bonds is 7. The van der Waals surface area contributed by atoms with Gasteiger partial charge in [0.25, 0.3) is 0 Å². The number of nitriles is 1. The van der Waals surface area contributed by atoms with E-state index in [0.29, 0.717) is 13.0 Å². The van der Waals surface area contributed by atoms with Gasteiger partial charge in [-0.1, -0.05) is 27.2 Å². The van der Waals surface area contributed by atoms with Crippen LogP contribution >= 0.6 is 0 Å². The van der Waals surface area contributed by atoms with Crippen LogP contribution in [0, 0.1) is 34.5 Å². The van der Waals surface area contributed by atoms with Crippen LogP contribution in [0.3, 0.4) is 0 Å². The molecule has 2 aliphatic heterocycles. The van der Waals surface area contributed by atoms with Crippen molar-refractivity contribution in [3.8, 4) is 6.07 Å². The molecule has 37 heavy (non-hydrogen) atoms. The molecule has 0 aromatic rings. The van der Waals surface area contributed by atoms with Crippen molar-refractivity contribution in [3.05, 3.63) is 0 Å². The summed E-state index contributed by atoms with van der Waals surface area (Å²) in [5, 5.41) is 18.0. The molecule has 0 unspecified atom stereocenters. The molecule has 1 spiro atoms. The summed E-state index contributed by atoms with van der Waals surface area (Å²) in [6.07, 6.45) is 1.70. The Morgan fingerprint density at radius 3 is 2.46 bits per heavy atom. The lowest BCUT2D eigenvalue weighted by Crippen LogP contribution is -2.59. The molecular formula is C26H38F3N5O3. The summed E-state index contributed by atoms with van der Waals surface area (Å²) in [7, 11) is 0. The smallest absolute Gasteiger partial charge is 0.350 e. The van der Waals surface area contributed by atoms with Gasteiger partial charge in [-0.2, -0.15) is 18.4 Å². The Morgan fingerprint density at radius 2 is 1.89 bits per heavy atom. The SMILES string of the molecule is CC(C)(C)[C@H](NCC(F)(F)F)C(=O)N1C[C@@H]2CCC[C@@H]2[C@H]1C(=O)N[C@H](C#N)C[C@@H]1CCC2(CC2)NC1=O. The molecule has 206 valence electrons. The lowest BCUT2D eigenvalue weighted by molar-refractivity contribution is -0.147. The van der Waals surface area contributed by atoms with E-state index in [0.717, 1.165) is 38.5 Å². The molecule has 4 fully saturated rings. The van der Waals surface area contributed by atoms with Gasteiger partial charge in [0, 0.05) is 18.0 Å². The van der Waals surface area contributed by atoms with Gasteiger partial charge < -0.3 is 15.5 Å². The van der Waals surface area contributed by atoms with Gasteiger partial charge in [-0.3, -0.25) is 19.7 Å². The second-order valence-electron chi connectivity index (χ2n) is 12.5. The first-order valence-electron chi connectivity index (χ1n) is 13.4. The van der Waals surface area contributed by atoms with E-state index in [-0.39, 0.29) is 35.6 Å². The number of carbonyl (C=O) groups is 3. The van der Waals surface area contributed by atoms with E-state index in [9.17, 15) is 32.8 Å². The molecule has 3 amide bonds. The number of halogens is 3. The molecule has 0 radical (unpaired) electrons. The van der Waals surface area contributed by atoms with Gasteiger partial charge >= 0.3 is 6.18 Å². The number of nitrogens with one attached hydrogen (secondary N) is 3. The maximum atomic E-state index is 13.6. The lowest BCUT2D eigenvalue weighted by atomic mass is 9.85.